The highest BCUT2D eigenvalue weighted by Crippen LogP contribution is 2.23. The average molecular weight is 329 g/mol. The van der Waals surface area contributed by atoms with Crippen LogP contribution in [0.2, 0.25) is 0 Å². The minimum Gasteiger partial charge on any atom is -0.378 e. The molecule has 1 fully saturated rings. The molecule has 1 aliphatic rings. The van der Waals surface area contributed by atoms with Crippen LogP contribution in [0.4, 0.5) is 5.69 Å². The normalized spacial score (nSPS) is 18.7. The number of rotatable bonds is 6. The van der Waals surface area contributed by atoms with Gasteiger partial charge in [-0.15, -0.1) is 0 Å². The molecule has 1 saturated heterocycles. The maximum Gasteiger partial charge on any atom is 0.273 e. The first-order valence-corrected chi connectivity index (χ1v) is 7.21. The summed E-state index contributed by atoms with van der Waals surface area (Å²) in [7, 11) is 0. The van der Waals surface area contributed by atoms with Gasteiger partial charge in [-0.3, -0.25) is 10.1 Å². The van der Waals surface area contributed by atoms with E-state index in [1.807, 2.05) is 0 Å². The summed E-state index contributed by atoms with van der Waals surface area (Å²) in [5.74, 6) is 0. The van der Waals surface area contributed by atoms with Gasteiger partial charge >= 0.3 is 0 Å². The number of nitrogens with one attached hydrogen (secondary N) is 1. The lowest BCUT2D eigenvalue weighted by molar-refractivity contribution is -0.385. The van der Waals surface area contributed by atoms with Gasteiger partial charge in [0.15, 0.2) is 0 Å². The monoisotopic (exact) mass is 328 g/mol. The van der Waals surface area contributed by atoms with Crippen LogP contribution in [0.1, 0.15) is 24.8 Å². The molecule has 2 rings (SSSR count). The number of hydrogen-bond donors (Lipinski definition) is 1. The van der Waals surface area contributed by atoms with Crippen LogP contribution >= 0.6 is 15.9 Å². The first kappa shape index (κ1) is 14.4. The number of nitro benzene ring substituents is 1. The Morgan fingerprint density at radius 3 is 3.05 bits per heavy atom. The summed E-state index contributed by atoms with van der Waals surface area (Å²) in [5.41, 5.74) is 0.861. The first-order valence-electron chi connectivity index (χ1n) is 6.42. The lowest BCUT2D eigenvalue weighted by Crippen LogP contribution is -2.20. The second-order valence-electron chi connectivity index (χ2n) is 4.63. The van der Waals surface area contributed by atoms with Crippen molar-refractivity contribution in [2.24, 2.45) is 0 Å². The highest BCUT2D eigenvalue weighted by atomic mass is 79.9. The van der Waals surface area contributed by atoms with Gasteiger partial charge in [-0.25, -0.2) is 0 Å². The molecule has 1 atom stereocenters. The molecule has 0 amide bonds. The number of ether oxygens (including phenoxy) is 1. The Kier molecular flexibility index (Phi) is 5.30. The van der Waals surface area contributed by atoms with Gasteiger partial charge in [-0.1, -0.05) is 15.9 Å². The molecular formula is C13H17BrN2O3. The summed E-state index contributed by atoms with van der Waals surface area (Å²) in [6, 6.07) is 5.01. The standard InChI is InChI=1S/C13H17BrN2O3/c14-11-3-4-13(16(17)18)10(8-11)9-15-6-5-12-2-1-7-19-12/h3-4,8,12,15H,1-2,5-7,9H2. The van der Waals surface area contributed by atoms with E-state index in [0.717, 1.165) is 36.9 Å². The third-order valence-electron chi connectivity index (χ3n) is 3.22. The zero-order valence-corrected chi connectivity index (χ0v) is 12.2. The SMILES string of the molecule is O=[N+]([O-])c1ccc(Br)cc1CNCCC1CCCO1. The van der Waals surface area contributed by atoms with E-state index in [2.05, 4.69) is 21.2 Å². The summed E-state index contributed by atoms with van der Waals surface area (Å²) >= 11 is 3.34. The van der Waals surface area contributed by atoms with Gasteiger partial charge in [-0.2, -0.15) is 0 Å². The van der Waals surface area contributed by atoms with Crippen LogP contribution in [0.3, 0.4) is 0 Å². The van der Waals surface area contributed by atoms with E-state index in [0.29, 0.717) is 18.2 Å². The van der Waals surface area contributed by atoms with Crippen LogP contribution in [0.15, 0.2) is 22.7 Å². The fourth-order valence-electron chi connectivity index (χ4n) is 2.23. The molecule has 0 bridgehead atoms. The van der Waals surface area contributed by atoms with Crippen LogP contribution in [0.5, 0.6) is 0 Å². The van der Waals surface area contributed by atoms with Gasteiger partial charge in [-0.05, 0) is 37.9 Å². The van der Waals surface area contributed by atoms with Crippen molar-refractivity contribution in [2.75, 3.05) is 13.2 Å². The summed E-state index contributed by atoms with van der Waals surface area (Å²) in [5, 5.41) is 14.2. The number of nitrogens with zero attached hydrogens (tertiary/aromatic N) is 1. The van der Waals surface area contributed by atoms with Crippen molar-refractivity contribution >= 4 is 21.6 Å². The summed E-state index contributed by atoms with van der Waals surface area (Å²) < 4.78 is 6.39. The van der Waals surface area contributed by atoms with Crippen LogP contribution in [0.25, 0.3) is 0 Å². The molecule has 0 radical (unpaired) electrons. The van der Waals surface area contributed by atoms with Crippen LogP contribution in [-0.2, 0) is 11.3 Å². The number of halogens is 1. The Bertz CT molecular complexity index is 448. The zero-order valence-electron chi connectivity index (χ0n) is 10.6. The van der Waals surface area contributed by atoms with E-state index >= 15 is 0 Å². The largest absolute Gasteiger partial charge is 0.378 e. The first-order chi connectivity index (χ1) is 9.16. The summed E-state index contributed by atoms with van der Waals surface area (Å²) in [6.45, 7) is 2.18. The average Bonchev–Trinajstić information content (AvgIpc) is 2.87. The van der Waals surface area contributed by atoms with Gasteiger partial charge in [0.05, 0.1) is 11.0 Å². The quantitative estimate of drug-likeness (QED) is 0.495. The smallest absolute Gasteiger partial charge is 0.273 e. The molecule has 19 heavy (non-hydrogen) atoms. The zero-order chi connectivity index (χ0) is 13.7. The third-order valence-corrected chi connectivity index (χ3v) is 3.71. The molecule has 0 aliphatic carbocycles. The van der Waals surface area contributed by atoms with E-state index in [9.17, 15) is 10.1 Å². The van der Waals surface area contributed by atoms with E-state index in [1.165, 1.54) is 6.07 Å². The Morgan fingerprint density at radius 1 is 1.53 bits per heavy atom. The molecule has 1 aromatic carbocycles. The van der Waals surface area contributed by atoms with Crippen molar-refractivity contribution in [2.45, 2.75) is 31.9 Å². The Hall–Kier alpha value is -0.980. The van der Waals surface area contributed by atoms with Crippen molar-refractivity contribution in [1.82, 2.24) is 5.32 Å². The molecule has 1 heterocycles. The molecule has 104 valence electrons. The Labute approximate surface area is 120 Å². The van der Waals surface area contributed by atoms with Gasteiger partial charge in [0, 0.05) is 29.3 Å². The second kappa shape index (κ2) is 6.98. The van der Waals surface area contributed by atoms with Crippen LogP contribution < -0.4 is 5.32 Å². The number of benzene rings is 1. The predicted octanol–water partition coefficient (Wildman–Crippen LogP) is 3.02. The maximum atomic E-state index is 10.9. The van der Waals surface area contributed by atoms with Gasteiger partial charge in [0.1, 0.15) is 0 Å². The fraction of sp³-hybridized carbons (Fsp3) is 0.538. The van der Waals surface area contributed by atoms with E-state index in [-0.39, 0.29) is 10.6 Å². The molecule has 5 nitrogen and oxygen atoms in total. The van der Waals surface area contributed by atoms with Crippen molar-refractivity contribution in [1.29, 1.82) is 0 Å². The topological polar surface area (TPSA) is 64.4 Å². The molecule has 6 heteroatoms. The van der Waals surface area contributed by atoms with Crippen molar-refractivity contribution in [3.63, 3.8) is 0 Å². The van der Waals surface area contributed by atoms with Crippen molar-refractivity contribution < 1.29 is 9.66 Å². The van der Waals surface area contributed by atoms with Crippen molar-refractivity contribution in [3.05, 3.63) is 38.3 Å². The van der Waals surface area contributed by atoms with E-state index in [1.54, 1.807) is 12.1 Å². The third kappa shape index (κ3) is 4.26. The fourth-order valence-corrected chi connectivity index (χ4v) is 2.64. The molecule has 0 spiro atoms. The van der Waals surface area contributed by atoms with Crippen LogP contribution in [-0.4, -0.2) is 24.2 Å². The van der Waals surface area contributed by atoms with Gasteiger partial charge in [0.25, 0.3) is 5.69 Å². The maximum absolute atomic E-state index is 10.9. The second-order valence-corrected chi connectivity index (χ2v) is 5.55. The van der Waals surface area contributed by atoms with E-state index < -0.39 is 0 Å². The number of hydrogen-bond acceptors (Lipinski definition) is 4. The highest BCUT2D eigenvalue weighted by molar-refractivity contribution is 9.10. The molecular weight excluding hydrogens is 312 g/mol. The summed E-state index contributed by atoms with van der Waals surface area (Å²) in [6.07, 6.45) is 3.58. The van der Waals surface area contributed by atoms with E-state index in [4.69, 9.17) is 4.74 Å². The lowest BCUT2D eigenvalue weighted by Gasteiger charge is -2.10. The molecule has 0 saturated carbocycles. The number of nitro groups is 1. The van der Waals surface area contributed by atoms with Crippen LogP contribution in [0, 0.1) is 10.1 Å². The molecule has 1 unspecified atom stereocenters. The molecule has 1 aliphatic heterocycles. The predicted molar refractivity (Wildman–Crippen MR) is 76.1 cm³/mol. The minimum absolute atomic E-state index is 0.160. The molecule has 1 N–H and O–H groups in total. The minimum atomic E-state index is -0.344. The highest BCUT2D eigenvalue weighted by Gasteiger charge is 2.16. The molecule has 1 aromatic rings. The Balaban J connectivity index is 1.84. The molecule has 0 aromatic heterocycles. The lowest BCUT2D eigenvalue weighted by atomic mass is 10.1. The summed E-state index contributed by atoms with van der Waals surface area (Å²) in [4.78, 5) is 10.6. The van der Waals surface area contributed by atoms with Gasteiger partial charge < -0.3 is 10.1 Å². The van der Waals surface area contributed by atoms with Gasteiger partial charge in [0.2, 0.25) is 0 Å². The van der Waals surface area contributed by atoms with Crippen molar-refractivity contribution in [3.8, 4) is 0 Å². The Morgan fingerprint density at radius 2 is 2.37 bits per heavy atom.